The van der Waals surface area contributed by atoms with Crippen molar-refractivity contribution in [2.75, 3.05) is 13.2 Å². The SMILES string of the molecule is CC(C)n1nnc(-c2ccc(C(=O)NC[C@@H]3CCCO3)cc2)n1. The fourth-order valence-electron chi connectivity index (χ4n) is 2.44. The maximum Gasteiger partial charge on any atom is 0.251 e. The summed E-state index contributed by atoms with van der Waals surface area (Å²) in [6.07, 6.45) is 2.23. The number of carbonyl (C=O) groups is 1. The molecule has 1 aliphatic rings. The number of hydrogen-bond donors (Lipinski definition) is 1. The van der Waals surface area contributed by atoms with Gasteiger partial charge in [0.1, 0.15) is 0 Å². The van der Waals surface area contributed by atoms with Crippen LogP contribution in [-0.4, -0.2) is 45.4 Å². The Morgan fingerprint density at radius 1 is 1.39 bits per heavy atom. The van der Waals surface area contributed by atoms with E-state index in [1.807, 2.05) is 26.0 Å². The molecule has 2 heterocycles. The zero-order valence-corrected chi connectivity index (χ0v) is 13.4. The van der Waals surface area contributed by atoms with Crippen LogP contribution in [0.3, 0.4) is 0 Å². The minimum atomic E-state index is -0.0918. The van der Waals surface area contributed by atoms with E-state index in [0.29, 0.717) is 17.9 Å². The fraction of sp³-hybridized carbons (Fsp3) is 0.500. The summed E-state index contributed by atoms with van der Waals surface area (Å²) in [5.41, 5.74) is 1.45. The standard InChI is InChI=1S/C16H21N5O2/c1-11(2)21-19-15(18-20-21)12-5-7-13(8-6-12)16(22)17-10-14-4-3-9-23-14/h5-8,11,14H,3-4,9-10H2,1-2H3,(H,17,22)/t14-/m0/s1. The van der Waals surface area contributed by atoms with E-state index in [1.165, 1.54) is 0 Å². The van der Waals surface area contributed by atoms with Crippen molar-refractivity contribution in [1.82, 2.24) is 25.5 Å². The van der Waals surface area contributed by atoms with Crippen molar-refractivity contribution >= 4 is 5.91 Å². The summed E-state index contributed by atoms with van der Waals surface area (Å²) in [4.78, 5) is 13.7. The fourth-order valence-corrected chi connectivity index (χ4v) is 2.44. The van der Waals surface area contributed by atoms with Gasteiger partial charge in [-0.25, -0.2) is 0 Å². The Labute approximate surface area is 135 Å². The number of nitrogens with zero attached hydrogens (tertiary/aromatic N) is 4. The Bertz CT molecular complexity index is 659. The lowest BCUT2D eigenvalue weighted by Gasteiger charge is -2.10. The van der Waals surface area contributed by atoms with Gasteiger partial charge >= 0.3 is 0 Å². The van der Waals surface area contributed by atoms with Crippen LogP contribution in [0, 0.1) is 0 Å². The molecular weight excluding hydrogens is 294 g/mol. The van der Waals surface area contributed by atoms with Gasteiger partial charge < -0.3 is 10.1 Å². The molecule has 0 radical (unpaired) electrons. The summed E-state index contributed by atoms with van der Waals surface area (Å²) >= 11 is 0. The van der Waals surface area contributed by atoms with Crippen LogP contribution in [0.5, 0.6) is 0 Å². The first-order valence-corrected chi connectivity index (χ1v) is 7.93. The molecule has 0 bridgehead atoms. The highest BCUT2D eigenvalue weighted by atomic mass is 16.5. The summed E-state index contributed by atoms with van der Waals surface area (Å²) in [5.74, 6) is 0.468. The van der Waals surface area contributed by atoms with Crippen molar-refractivity contribution in [3.63, 3.8) is 0 Å². The summed E-state index contributed by atoms with van der Waals surface area (Å²) < 4.78 is 5.50. The minimum absolute atomic E-state index is 0.0918. The second-order valence-corrected chi connectivity index (χ2v) is 5.95. The first-order chi connectivity index (χ1) is 11.1. The molecule has 0 unspecified atom stereocenters. The second kappa shape index (κ2) is 6.87. The van der Waals surface area contributed by atoms with E-state index in [2.05, 4.69) is 20.7 Å². The molecule has 0 aliphatic carbocycles. The zero-order valence-electron chi connectivity index (χ0n) is 13.4. The summed E-state index contributed by atoms with van der Waals surface area (Å²) in [7, 11) is 0. The lowest BCUT2D eigenvalue weighted by molar-refractivity contribution is 0.0858. The number of nitrogens with one attached hydrogen (secondary N) is 1. The van der Waals surface area contributed by atoms with Gasteiger partial charge in [0.05, 0.1) is 12.1 Å². The molecule has 0 spiro atoms. The number of tetrazole rings is 1. The van der Waals surface area contributed by atoms with E-state index in [1.54, 1.807) is 16.9 Å². The molecule has 1 amide bonds. The number of hydrogen-bond acceptors (Lipinski definition) is 5. The Balaban J connectivity index is 1.62. The van der Waals surface area contributed by atoms with Crippen molar-refractivity contribution in [1.29, 1.82) is 0 Å². The van der Waals surface area contributed by atoms with E-state index < -0.39 is 0 Å². The highest BCUT2D eigenvalue weighted by Crippen LogP contribution is 2.16. The summed E-state index contributed by atoms with van der Waals surface area (Å²) in [5, 5.41) is 15.3. The van der Waals surface area contributed by atoms with Gasteiger partial charge in [0, 0.05) is 24.3 Å². The number of rotatable bonds is 5. The molecule has 7 heteroatoms. The summed E-state index contributed by atoms with van der Waals surface area (Å²) in [6, 6.07) is 7.39. The topological polar surface area (TPSA) is 81.9 Å². The molecular formula is C16H21N5O2. The van der Waals surface area contributed by atoms with E-state index in [0.717, 1.165) is 25.0 Å². The van der Waals surface area contributed by atoms with Crippen molar-refractivity contribution in [3.8, 4) is 11.4 Å². The minimum Gasteiger partial charge on any atom is -0.376 e. The van der Waals surface area contributed by atoms with Gasteiger partial charge in [0.2, 0.25) is 5.82 Å². The molecule has 7 nitrogen and oxygen atoms in total. The first-order valence-electron chi connectivity index (χ1n) is 7.93. The van der Waals surface area contributed by atoms with Gasteiger partial charge in [-0.05, 0) is 44.0 Å². The van der Waals surface area contributed by atoms with Crippen molar-refractivity contribution in [2.24, 2.45) is 0 Å². The van der Waals surface area contributed by atoms with Crippen LogP contribution in [0.2, 0.25) is 0 Å². The van der Waals surface area contributed by atoms with Crippen molar-refractivity contribution < 1.29 is 9.53 Å². The van der Waals surface area contributed by atoms with Crippen LogP contribution in [0.4, 0.5) is 0 Å². The van der Waals surface area contributed by atoms with Crippen LogP contribution in [-0.2, 0) is 4.74 Å². The van der Waals surface area contributed by atoms with Gasteiger partial charge in [0.25, 0.3) is 5.91 Å². The van der Waals surface area contributed by atoms with Gasteiger partial charge in [-0.3, -0.25) is 4.79 Å². The third kappa shape index (κ3) is 3.73. The predicted octanol–water partition coefficient (Wildman–Crippen LogP) is 1.83. The number of aromatic nitrogens is 4. The Morgan fingerprint density at radius 2 is 2.17 bits per heavy atom. The molecule has 2 aromatic rings. The highest BCUT2D eigenvalue weighted by molar-refractivity contribution is 5.94. The average Bonchev–Trinajstić information content (AvgIpc) is 3.24. The van der Waals surface area contributed by atoms with Crippen LogP contribution < -0.4 is 5.32 Å². The van der Waals surface area contributed by atoms with E-state index in [-0.39, 0.29) is 18.1 Å². The highest BCUT2D eigenvalue weighted by Gasteiger charge is 2.17. The third-order valence-electron chi connectivity index (χ3n) is 3.81. The molecule has 122 valence electrons. The smallest absolute Gasteiger partial charge is 0.251 e. The van der Waals surface area contributed by atoms with Gasteiger partial charge in [-0.15, -0.1) is 10.2 Å². The average molecular weight is 315 g/mol. The van der Waals surface area contributed by atoms with E-state index in [4.69, 9.17) is 4.74 Å². The molecule has 1 N–H and O–H groups in total. The normalized spacial score (nSPS) is 17.6. The second-order valence-electron chi connectivity index (χ2n) is 5.95. The van der Waals surface area contributed by atoms with E-state index >= 15 is 0 Å². The Hall–Kier alpha value is -2.28. The molecule has 1 fully saturated rings. The van der Waals surface area contributed by atoms with Gasteiger partial charge in [-0.1, -0.05) is 12.1 Å². The number of ether oxygens (including phenoxy) is 1. The van der Waals surface area contributed by atoms with Crippen LogP contribution in [0.25, 0.3) is 11.4 Å². The van der Waals surface area contributed by atoms with Gasteiger partial charge in [-0.2, -0.15) is 4.80 Å². The molecule has 1 aliphatic heterocycles. The zero-order chi connectivity index (χ0) is 16.2. The molecule has 1 aromatic carbocycles. The molecule has 0 saturated carbocycles. The van der Waals surface area contributed by atoms with Crippen LogP contribution >= 0.6 is 0 Å². The lowest BCUT2D eigenvalue weighted by atomic mass is 10.1. The Morgan fingerprint density at radius 3 is 2.78 bits per heavy atom. The first kappa shape index (κ1) is 15.6. The van der Waals surface area contributed by atoms with E-state index in [9.17, 15) is 4.79 Å². The Kier molecular flexibility index (Phi) is 4.66. The number of carbonyl (C=O) groups excluding carboxylic acids is 1. The number of benzene rings is 1. The maximum absolute atomic E-state index is 12.1. The molecule has 1 atom stereocenters. The summed E-state index contributed by atoms with van der Waals surface area (Å²) in [6.45, 7) is 5.34. The monoisotopic (exact) mass is 315 g/mol. The molecule has 1 aromatic heterocycles. The molecule has 1 saturated heterocycles. The van der Waals surface area contributed by atoms with Crippen LogP contribution in [0.1, 0.15) is 43.1 Å². The van der Waals surface area contributed by atoms with Crippen molar-refractivity contribution in [3.05, 3.63) is 29.8 Å². The quantitative estimate of drug-likeness (QED) is 0.910. The van der Waals surface area contributed by atoms with Crippen LogP contribution in [0.15, 0.2) is 24.3 Å². The molecule has 3 rings (SSSR count). The predicted molar refractivity (Wildman–Crippen MR) is 84.9 cm³/mol. The third-order valence-corrected chi connectivity index (χ3v) is 3.81. The lowest BCUT2D eigenvalue weighted by Crippen LogP contribution is -2.31. The largest absolute Gasteiger partial charge is 0.376 e. The maximum atomic E-state index is 12.1. The molecule has 23 heavy (non-hydrogen) atoms. The van der Waals surface area contributed by atoms with Gasteiger partial charge in [0.15, 0.2) is 0 Å². The number of amides is 1. The van der Waals surface area contributed by atoms with Crippen molar-refractivity contribution in [2.45, 2.75) is 38.8 Å².